The fourth-order valence-electron chi connectivity index (χ4n) is 3.81. The number of nitrogens with zero attached hydrogens (tertiary/aromatic N) is 1. The van der Waals surface area contributed by atoms with Crippen molar-refractivity contribution in [1.29, 1.82) is 0 Å². The van der Waals surface area contributed by atoms with Crippen molar-refractivity contribution < 1.29 is 28.2 Å². The van der Waals surface area contributed by atoms with Gasteiger partial charge < -0.3 is 24.4 Å². The first-order chi connectivity index (χ1) is 17.8. The number of nitrogens with one attached hydrogen (secondary N) is 1. The largest absolute Gasteiger partial charge is 0.496 e. The minimum absolute atomic E-state index is 0.104. The van der Waals surface area contributed by atoms with Crippen molar-refractivity contribution in [2.75, 3.05) is 20.8 Å². The Kier molecular flexibility index (Phi) is 9.89. The molecule has 0 heterocycles. The summed E-state index contributed by atoms with van der Waals surface area (Å²) in [6.07, 6.45) is 0.305. The molecule has 0 aliphatic heterocycles. The maximum absolute atomic E-state index is 13.6. The molecule has 0 aliphatic rings. The molecule has 0 radical (unpaired) electrons. The summed E-state index contributed by atoms with van der Waals surface area (Å²) in [5, 5.41) is 2.93. The molecule has 196 valence electrons. The third kappa shape index (κ3) is 8.24. The molecule has 37 heavy (non-hydrogen) atoms. The normalized spacial score (nSPS) is 11.5. The maximum atomic E-state index is 13.6. The molecule has 0 saturated heterocycles. The Morgan fingerprint density at radius 2 is 1.46 bits per heavy atom. The van der Waals surface area contributed by atoms with Gasteiger partial charge >= 0.3 is 0 Å². The standard InChI is InChI=1S/C29H33FN2O5/c1-20(2)31-29(34)27(14-21-8-6-5-7-9-21)32(18-22-10-12-23(30)13-11-22)28(33)19-37-26-16-24(35-3)15-25(17-26)36-4/h5-13,15-17,20,27H,14,18-19H2,1-4H3,(H,31,34)/t27-/m1/s1. The first-order valence-corrected chi connectivity index (χ1v) is 12.0. The van der Waals surface area contributed by atoms with Crippen LogP contribution in [0.4, 0.5) is 4.39 Å². The summed E-state index contributed by atoms with van der Waals surface area (Å²) in [5.74, 6) is 0.364. The molecule has 0 bridgehead atoms. The lowest BCUT2D eigenvalue weighted by Crippen LogP contribution is -2.52. The van der Waals surface area contributed by atoms with Crippen molar-refractivity contribution in [3.8, 4) is 17.2 Å². The molecule has 1 atom stereocenters. The smallest absolute Gasteiger partial charge is 0.261 e. The highest BCUT2D eigenvalue weighted by molar-refractivity contribution is 5.88. The molecule has 3 aromatic carbocycles. The Labute approximate surface area is 217 Å². The molecule has 0 aromatic heterocycles. The first kappa shape index (κ1) is 27.5. The van der Waals surface area contributed by atoms with Gasteiger partial charge in [0.2, 0.25) is 5.91 Å². The molecule has 0 spiro atoms. The van der Waals surface area contributed by atoms with Crippen LogP contribution in [0.25, 0.3) is 0 Å². The SMILES string of the molecule is COc1cc(OC)cc(OCC(=O)N(Cc2ccc(F)cc2)[C@H](Cc2ccccc2)C(=O)NC(C)C)c1. The van der Waals surface area contributed by atoms with Crippen molar-refractivity contribution in [3.05, 3.63) is 89.7 Å². The Bertz CT molecular complexity index is 1150. The van der Waals surface area contributed by atoms with Crippen molar-refractivity contribution in [3.63, 3.8) is 0 Å². The van der Waals surface area contributed by atoms with Crippen LogP contribution in [0, 0.1) is 5.82 Å². The molecule has 1 N–H and O–H groups in total. The highest BCUT2D eigenvalue weighted by Crippen LogP contribution is 2.27. The lowest BCUT2D eigenvalue weighted by molar-refractivity contribution is -0.143. The molecule has 3 aromatic rings. The molecule has 3 rings (SSSR count). The van der Waals surface area contributed by atoms with Crippen LogP contribution in [-0.2, 0) is 22.6 Å². The third-order valence-electron chi connectivity index (χ3n) is 5.66. The second kappa shape index (κ2) is 13.3. The van der Waals surface area contributed by atoms with Crippen LogP contribution in [0.1, 0.15) is 25.0 Å². The van der Waals surface area contributed by atoms with Crippen molar-refractivity contribution in [2.24, 2.45) is 0 Å². The van der Waals surface area contributed by atoms with E-state index in [1.165, 1.54) is 31.3 Å². The lowest BCUT2D eigenvalue weighted by Gasteiger charge is -2.32. The van der Waals surface area contributed by atoms with Crippen molar-refractivity contribution >= 4 is 11.8 Å². The predicted octanol–water partition coefficient (Wildman–Crippen LogP) is 4.39. The van der Waals surface area contributed by atoms with Gasteiger partial charge in [-0.3, -0.25) is 9.59 Å². The van der Waals surface area contributed by atoms with E-state index in [0.29, 0.717) is 29.2 Å². The number of benzene rings is 3. The second-order valence-electron chi connectivity index (χ2n) is 8.85. The van der Waals surface area contributed by atoms with Crippen LogP contribution in [0.15, 0.2) is 72.8 Å². The average Bonchev–Trinajstić information content (AvgIpc) is 2.90. The quantitative estimate of drug-likeness (QED) is 0.393. The topological polar surface area (TPSA) is 77.1 Å². The monoisotopic (exact) mass is 508 g/mol. The number of amides is 2. The van der Waals surface area contributed by atoms with Gasteiger partial charge in [-0.2, -0.15) is 0 Å². The molecule has 0 unspecified atom stereocenters. The summed E-state index contributed by atoms with van der Waals surface area (Å²) in [5.41, 5.74) is 1.59. The van der Waals surface area contributed by atoms with Gasteiger partial charge in [0.05, 0.1) is 14.2 Å². The van der Waals surface area contributed by atoms with E-state index >= 15 is 0 Å². The molecular formula is C29H33FN2O5. The maximum Gasteiger partial charge on any atom is 0.261 e. The summed E-state index contributed by atoms with van der Waals surface area (Å²) in [6, 6.07) is 19.4. The summed E-state index contributed by atoms with van der Waals surface area (Å²) in [7, 11) is 3.05. The van der Waals surface area contributed by atoms with E-state index in [2.05, 4.69) is 5.32 Å². The van der Waals surface area contributed by atoms with Gasteiger partial charge in [0, 0.05) is 37.2 Å². The molecule has 7 nitrogen and oxygen atoms in total. The Hall–Kier alpha value is -4.07. The van der Waals surface area contributed by atoms with E-state index < -0.39 is 11.9 Å². The molecule has 0 aliphatic carbocycles. The number of methoxy groups -OCH3 is 2. The number of hydrogen-bond donors (Lipinski definition) is 1. The van der Waals surface area contributed by atoms with Crippen LogP contribution in [-0.4, -0.2) is 49.6 Å². The van der Waals surface area contributed by atoms with Crippen LogP contribution >= 0.6 is 0 Å². The van der Waals surface area contributed by atoms with Gasteiger partial charge in [-0.05, 0) is 37.1 Å². The molecule has 0 saturated carbocycles. The minimum Gasteiger partial charge on any atom is -0.496 e. The molecule has 2 amide bonds. The summed E-state index contributed by atoms with van der Waals surface area (Å²) < 4.78 is 29.9. The molecule has 8 heteroatoms. The fraction of sp³-hybridized carbons (Fsp3) is 0.310. The summed E-state index contributed by atoms with van der Waals surface area (Å²) >= 11 is 0. The van der Waals surface area contributed by atoms with Crippen LogP contribution in [0.3, 0.4) is 0 Å². The van der Waals surface area contributed by atoms with E-state index in [9.17, 15) is 14.0 Å². The number of halogens is 1. The Morgan fingerprint density at radius 3 is 2.03 bits per heavy atom. The number of hydrogen-bond acceptors (Lipinski definition) is 5. The third-order valence-corrected chi connectivity index (χ3v) is 5.66. The van der Waals surface area contributed by atoms with Gasteiger partial charge in [0.15, 0.2) is 6.61 Å². The highest BCUT2D eigenvalue weighted by atomic mass is 19.1. The predicted molar refractivity (Wildman–Crippen MR) is 139 cm³/mol. The van der Waals surface area contributed by atoms with E-state index in [4.69, 9.17) is 14.2 Å². The summed E-state index contributed by atoms with van der Waals surface area (Å²) in [4.78, 5) is 28.4. The Balaban J connectivity index is 1.91. The van der Waals surface area contributed by atoms with Crippen LogP contribution in [0.2, 0.25) is 0 Å². The fourth-order valence-corrected chi connectivity index (χ4v) is 3.81. The van der Waals surface area contributed by atoms with E-state index in [-0.39, 0.29) is 30.9 Å². The van der Waals surface area contributed by atoms with Gasteiger partial charge in [0.1, 0.15) is 29.1 Å². The van der Waals surface area contributed by atoms with Crippen LogP contribution < -0.4 is 19.5 Å². The van der Waals surface area contributed by atoms with Gasteiger partial charge in [0.25, 0.3) is 5.91 Å². The van der Waals surface area contributed by atoms with Gasteiger partial charge in [-0.15, -0.1) is 0 Å². The zero-order chi connectivity index (χ0) is 26.8. The number of carbonyl (C=O) groups excluding carboxylic acids is 2. The first-order valence-electron chi connectivity index (χ1n) is 12.0. The van der Waals surface area contributed by atoms with Crippen molar-refractivity contribution in [1.82, 2.24) is 10.2 Å². The van der Waals surface area contributed by atoms with Gasteiger partial charge in [-0.1, -0.05) is 42.5 Å². The Morgan fingerprint density at radius 1 is 0.865 bits per heavy atom. The highest BCUT2D eigenvalue weighted by Gasteiger charge is 2.31. The van der Waals surface area contributed by atoms with E-state index in [1.807, 2.05) is 44.2 Å². The zero-order valence-electron chi connectivity index (χ0n) is 21.6. The average molecular weight is 509 g/mol. The van der Waals surface area contributed by atoms with E-state index in [0.717, 1.165) is 5.56 Å². The minimum atomic E-state index is -0.814. The molecule has 0 fully saturated rings. The number of rotatable bonds is 12. The van der Waals surface area contributed by atoms with E-state index in [1.54, 1.807) is 30.3 Å². The molecular weight excluding hydrogens is 475 g/mol. The second-order valence-corrected chi connectivity index (χ2v) is 8.85. The zero-order valence-corrected chi connectivity index (χ0v) is 21.6. The van der Waals surface area contributed by atoms with Crippen molar-refractivity contribution in [2.45, 2.75) is 38.9 Å². The summed E-state index contributed by atoms with van der Waals surface area (Å²) in [6.45, 7) is 3.51. The van der Waals surface area contributed by atoms with Gasteiger partial charge in [-0.25, -0.2) is 4.39 Å². The number of carbonyl (C=O) groups is 2. The lowest BCUT2D eigenvalue weighted by atomic mass is 10.0. The number of ether oxygens (including phenoxy) is 3. The van der Waals surface area contributed by atoms with Crippen LogP contribution in [0.5, 0.6) is 17.2 Å².